The van der Waals surface area contributed by atoms with E-state index < -0.39 is 9.73 Å². The second-order valence-electron chi connectivity index (χ2n) is 5.52. The van der Waals surface area contributed by atoms with Crippen LogP contribution in [-0.4, -0.2) is 48.6 Å². The number of hydrogen-bond donors (Lipinski definition) is 1. The van der Waals surface area contributed by atoms with Crippen molar-refractivity contribution in [2.45, 2.75) is 18.9 Å². The van der Waals surface area contributed by atoms with E-state index in [2.05, 4.69) is 9.68 Å². The van der Waals surface area contributed by atoms with Crippen LogP contribution in [0, 0.1) is 0 Å². The monoisotopic (exact) mass is 326 g/mol. The summed E-state index contributed by atoms with van der Waals surface area (Å²) in [5.74, 6) is -0.233. The molecular formula is C15H22N2O4S. The van der Waals surface area contributed by atoms with Gasteiger partial charge in [-0.25, -0.2) is 4.21 Å². The van der Waals surface area contributed by atoms with Crippen molar-refractivity contribution in [1.82, 2.24) is 0 Å². The molecule has 1 heterocycles. The standard InChI is InChI=1S/C15H22N2O4S/c1-22(2,19)17-13-6-3-5-12(9-13)16-15(18)11-20-10-14-7-4-8-21-14/h3,5-6,9,14H,4,7-8,10-11H2,1-2H3,(H,16,18). The Morgan fingerprint density at radius 2 is 2.32 bits per heavy atom. The number of benzene rings is 1. The lowest BCUT2D eigenvalue weighted by Crippen LogP contribution is -2.22. The van der Waals surface area contributed by atoms with Gasteiger partial charge in [0.05, 0.1) is 18.4 Å². The van der Waals surface area contributed by atoms with Gasteiger partial charge in [-0.2, -0.15) is 4.36 Å². The molecule has 1 N–H and O–H groups in total. The fraction of sp³-hybridized carbons (Fsp3) is 0.533. The maximum atomic E-state index is 11.8. The number of carbonyl (C=O) groups excluding carboxylic acids is 1. The Balaban J connectivity index is 1.83. The van der Waals surface area contributed by atoms with Gasteiger partial charge in [0.1, 0.15) is 6.61 Å². The summed E-state index contributed by atoms with van der Waals surface area (Å²) in [4.78, 5) is 11.8. The van der Waals surface area contributed by atoms with E-state index in [1.807, 2.05) is 0 Å². The normalized spacial score (nSPS) is 18.2. The van der Waals surface area contributed by atoms with Crippen molar-refractivity contribution in [3.63, 3.8) is 0 Å². The van der Waals surface area contributed by atoms with Crippen LogP contribution < -0.4 is 5.32 Å². The average molecular weight is 326 g/mol. The summed E-state index contributed by atoms with van der Waals surface area (Å²) < 4.78 is 26.5. The zero-order valence-corrected chi connectivity index (χ0v) is 13.7. The third kappa shape index (κ3) is 6.13. The smallest absolute Gasteiger partial charge is 0.250 e. The van der Waals surface area contributed by atoms with Crippen molar-refractivity contribution in [2.24, 2.45) is 4.36 Å². The lowest BCUT2D eigenvalue weighted by Gasteiger charge is -2.10. The molecular weight excluding hydrogens is 304 g/mol. The molecule has 7 heteroatoms. The molecule has 1 atom stereocenters. The summed E-state index contributed by atoms with van der Waals surface area (Å²) in [6, 6.07) is 6.94. The Bertz CT molecular complexity index is 624. The molecule has 2 rings (SSSR count). The molecule has 0 spiro atoms. The maximum absolute atomic E-state index is 11.8. The second kappa shape index (κ2) is 7.71. The summed E-state index contributed by atoms with van der Waals surface area (Å²) in [6.45, 7) is 1.20. The molecule has 0 saturated carbocycles. The van der Waals surface area contributed by atoms with Gasteiger partial charge in [0.15, 0.2) is 0 Å². The predicted octanol–water partition coefficient (Wildman–Crippen LogP) is 2.18. The number of amides is 1. The van der Waals surface area contributed by atoms with Crippen LogP contribution in [-0.2, 0) is 24.0 Å². The van der Waals surface area contributed by atoms with Gasteiger partial charge in [-0.1, -0.05) is 6.07 Å². The molecule has 0 bridgehead atoms. The Morgan fingerprint density at radius 3 is 3.00 bits per heavy atom. The van der Waals surface area contributed by atoms with Gasteiger partial charge in [-0.15, -0.1) is 0 Å². The van der Waals surface area contributed by atoms with Crippen LogP contribution in [0.3, 0.4) is 0 Å². The van der Waals surface area contributed by atoms with Gasteiger partial charge in [0.25, 0.3) is 0 Å². The molecule has 1 aromatic carbocycles. The minimum atomic E-state index is -2.22. The van der Waals surface area contributed by atoms with Gasteiger partial charge in [-0.05, 0) is 31.0 Å². The highest BCUT2D eigenvalue weighted by Crippen LogP contribution is 2.19. The third-order valence-corrected chi connectivity index (χ3v) is 3.67. The fourth-order valence-corrected chi connectivity index (χ4v) is 2.77. The first-order valence-corrected chi connectivity index (χ1v) is 9.52. The highest BCUT2D eigenvalue weighted by Gasteiger charge is 2.15. The van der Waals surface area contributed by atoms with E-state index in [1.54, 1.807) is 36.8 Å². The SMILES string of the molecule is CS(C)(=O)=Nc1cccc(NC(=O)COCC2CCCO2)c1. The second-order valence-corrected chi connectivity index (χ2v) is 8.07. The van der Waals surface area contributed by atoms with Crippen molar-refractivity contribution in [3.8, 4) is 0 Å². The van der Waals surface area contributed by atoms with Crippen LogP contribution in [0.25, 0.3) is 0 Å². The lowest BCUT2D eigenvalue weighted by atomic mass is 10.2. The van der Waals surface area contributed by atoms with E-state index in [0.29, 0.717) is 18.0 Å². The molecule has 1 amide bonds. The van der Waals surface area contributed by atoms with Crippen molar-refractivity contribution in [2.75, 3.05) is 37.6 Å². The van der Waals surface area contributed by atoms with E-state index in [-0.39, 0.29) is 18.6 Å². The van der Waals surface area contributed by atoms with Crippen LogP contribution in [0.2, 0.25) is 0 Å². The first kappa shape index (κ1) is 16.9. The summed E-state index contributed by atoms with van der Waals surface area (Å²) in [5, 5.41) is 2.74. The Labute approximate surface area is 131 Å². The van der Waals surface area contributed by atoms with Crippen LogP contribution in [0.5, 0.6) is 0 Å². The van der Waals surface area contributed by atoms with Gasteiger partial charge in [0, 0.05) is 34.5 Å². The molecule has 1 unspecified atom stereocenters. The lowest BCUT2D eigenvalue weighted by molar-refractivity contribution is -0.121. The Hall–Kier alpha value is -1.44. The van der Waals surface area contributed by atoms with Crippen LogP contribution in [0.15, 0.2) is 28.6 Å². The molecule has 1 aliphatic rings. The minimum Gasteiger partial charge on any atom is -0.376 e. The first-order chi connectivity index (χ1) is 10.4. The van der Waals surface area contributed by atoms with Gasteiger partial charge >= 0.3 is 0 Å². The number of rotatable bonds is 6. The first-order valence-electron chi connectivity index (χ1n) is 7.19. The molecule has 1 saturated heterocycles. The fourth-order valence-electron chi connectivity index (χ4n) is 2.15. The predicted molar refractivity (Wildman–Crippen MR) is 86.9 cm³/mol. The number of ether oxygens (including phenoxy) is 2. The summed E-state index contributed by atoms with van der Waals surface area (Å²) >= 11 is 0. The van der Waals surface area contributed by atoms with E-state index in [4.69, 9.17) is 9.47 Å². The molecule has 1 aromatic rings. The zero-order chi connectivity index (χ0) is 16.0. The molecule has 1 fully saturated rings. The number of hydrogen-bond acceptors (Lipinski definition) is 5. The highest BCUT2D eigenvalue weighted by atomic mass is 32.2. The molecule has 6 nitrogen and oxygen atoms in total. The van der Waals surface area contributed by atoms with Gasteiger partial charge < -0.3 is 14.8 Å². The molecule has 0 aliphatic carbocycles. The van der Waals surface area contributed by atoms with E-state index in [1.165, 1.54) is 0 Å². The van der Waals surface area contributed by atoms with Crippen molar-refractivity contribution >= 4 is 27.0 Å². The van der Waals surface area contributed by atoms with Crippen LogP contribution in [0.1, 0.15) is 12.8 Å². The van der Waals surface area contributed by atoms with Crippen molar-refractivity contribution in [3.05, 3.63) is 24.3 Å². The molecule has 0 aromatic heterocycles. The quantitative estimate of drug-likeness (QED) is 0.869. The summed E-state index contributed by atoms with van der Waals surface area (Å²) in [7, 11) is -2.22. The molecule has 22 heavy (non-hydrogen) atoms. The zero-order valence-electron chi connectivity index (χ0n) is 12.9. The van der Waals surface area contributed by atoms with Gasteiger partial charge in [0.2, 0.25) is 5.91 Å². The number of carbonyl (C=O) groups is 1. The van der Waals surface area contributed by atoms with Crippen molar-refractivity contribution in [1.29, 1.82) is 0 Å². The van der Waals surface area contributed by atoms with E-state index in [0.717, 1.165) is 19.4 Å². The number of anilines is 1. The number of nitrogens with one attached hydrogen (secondary N) is 1. The van der Waals surface area contributed by atoms with E-state index in [9.17, 15) is 9.00 Å². The topological polar surface area (TPSA) is 77.0 Å². The number of nitrogens with zero attached hydrogens (tertiary/aromatic N) is 1. The van der Waals surface area contributed by atoms with Crippen molar-refractivity contribution < 1.29 is 18.5 Å². The largest absolute Gasteiger partial charge is 0.376 e. The summed E-state index contributed by atoms with van der Waals surface area (Å²) in [5.41, 5.74) is 1.18. The van der Waals surface area contributed by atoms with E-state index >= 15 is 0 Å². The highest BCUT2D eigenvalue weighted by molar-refractivity contribution is 7.92. The average Bonchev–Trinajstić information content (AvgIpc) is 2.90. The maximum Gasteiger partial charge on any atom is 0.250 e. The Kier molecular flexibility index (Phi) is 5.93. The molecule has 1 aliphatic heterocycles. The third-order valence-electron chi connectivity index (χ3n) is 3.02. The Morgan fingerprint density at radius 1 is 1.50 bits per heavy atom. The molecule has 122 valence electrons. The minimum absolute atomic E-state index is 0.0144. The van der Waals surface area contributed by atoms with Gasteiger partial charge in [-0.3, -0.25) is 4.79 Å². The van der Waals surface area contributed by atoms with Crippen LogP contribution in [0.4, 0.5) is 11.4 Å². The van der Waals surface area contributed by atoms with Crippen LogP contribution >= 0.6 is 0 Å². The summed E-state index contributed by atoms with van der Waals surface area (Å²) in [6.07, 6.45) is 5.28. The molecule has 0 radical (unpaired) electrons.